The molecule has 208 valence electrons. The number of carbonyl (C=O) groups is 2. The van der Waals surface area contributed by atoms with Crippen LogP contribution < -0.4 is 5.73 Å². The molecule has 0 radical (unpaired) electrons. The highest BCUT2D eigenvalue weighted by Crippen LogP contribution is 2.16. The fraction of sp³-hybridized carbons (Fsp3) is 0.933. The predicted octanol–water partition coefficient (Wildman–Crippen LogP) is 8.71. The van der Waals surface area contributed by atoms with Crippen molar-refractivity contribution in [1.82, 2.24) is 0 Å². The summed E-state index contributed by atoms with van der Waals surface area (Å²) < 4.78 is 5.23. The Morgan fingerprint density at radius 3 is 1.26 bits per heavy atom. The molecule has 0 aromatic heterocycles. The van der Waals surface area contributed by atoms with E-state index in [0.717, 1.165) is 19.3 Å². The molecule has 0 saturated carbocycles. The number of carboxylic acid groups (broad SMARTS) is 1. The van der Waals surface area contributed by atoms with Gasteiger partial charge in [-0.3, -0.25) is 9.59 Å². The molecule has 0 aromatic carbocycles. The number of nitrogens with two attached hydrogens (primary N) is 1. The molecule has 0 amide bonds. The quantitative estimate of drug-likeness (QED) is 0.0874. The van der Waals surface area contributed by atoms with Crippen LogP contribution in [0.3, 0.4) is 0 Å². The van der Waals surface area contributed by atoms with Crippen LogP contribution in [0.25, 0.3) is 0 Å². The van der Waals surface area contributed by atoms with Crippen molar-refractivity contribution in [2.24, 2.45) is 5.73 Å². The molecule has 0 aromatic rings. The minimum atomic E-state index is -1.08. The van der Waals surface area contributed by atoms with Crippen LogP contribution in [0.15, 0.2) is 0 Å². The summed E-state index contributed by atoms with van der Waals surface area (Å²) in [6.45, 7) is 4.13. The van der Waals surface area contributed by atoms with E-state index in [1.54, 1.807) is 0 Å². The molecule has 0 aliphatic heterocycles. The van der Waals surface area contributed by atoms with Gasteiger partial charge in [0.15, 0.2) is 0 Å². The van der Waals surface area contributed by atoms with Gasteiger partial charge in [0, 0.05) is 0 Å². The van der Waals surface area contributed by atoms with Crippen molar-refractivity contribution < 1.29 is 19.4 Å². The van der Waals surface area contributed by atoms with Crippen LogP contribution in [-0.4, -0.2) is 29.2 Å². The molecular formula is C30H59NO4. The Hall–Kier alpha value is -1.10. The van der Waals surface area contributed by atoms with E-state index in [-0.39, 0.29) is 12.5 Å². The zero-order valence-corrected chi connectivity index (χ0v) is 23.4. The predicted molar refractivity (Wildman–Crippen MR) is 148 cm³/mol. The van der Waals surface area contributed by atoms with Gasteiger partial charge < -0.3 is 15.6 Å². The highest BCUT2D eigenvalue weighted by molar-refractivity contribution is 5.81. The van der Waals surface area contributed by atoms with Gasteiger partial charge in [0.05, 0.1) is 12.5 Å². The van der Waals surface area contributed by atoms with Crippen LogP contribution in [0.5, 0.6) is 0 Å². The molecule has 3 N–H and O–H groups in total. The number of esters is 1. The summed E-state index contributed by atoms with van der Waals surface area (Å²) >= 11 is 0. The molecule has 0 saturated heterocycles. The van der Waals surface area contributed by atoms with Crippen molar-refractivity contribution in [2.75, 3.05) is 0 Å². The van der Waals surface area contributed by atoms with E-state index in [2.05, 4.69) is 6.92 Å². The third-order valence-corrected chi connectivity index (χ3v) is 6.98. The number of ether oxygens (including phenoxy) is 1. The minimum absolute atomic E-state index is 0.201. The molecule has 2 atom stereocenters. The Morgan fingerprint density at radius 2 is 0.943 bits per heavy atom. The van der Waals surface area contributed by atoms with E-state index in [4.69, 9.17) is 15.6 Å². The third kappa shape index (κ3) is 25.8. The van der Waals surface area contributed by atoms with Gasteiger partial charge in [-0.25, -0.2) is 0 Å². The Labute approximate surface area is 217 Å². The van der Waals surface area contributed by atoms with E-state index in [9.17, 15) is 9.59 Å². The molecule has 5 heteroatoms. The monoisotopic (exact) mass is 497 g/mol. The van der Waals surface area contributed by atoms with Gasteiger partial charge in [-0.15, -0.1) is 0 Å². The topological polar surface area (TPSA) is 89.6 Å². The van der Waals surface area contributed by atoms with Gasteiger partial charge >= 0.3 is 11.9 Å². The number of unbranched alkanes of at least 4 members (excludes halogenated alkanes) is 21. The lowest BCUT2D eigenvalue weighted by molar-refractivity contribution is -0.153. The number of rotatable bonds is 27. The first-order chi connectivity index (χ1) is 17.0. The van der Waals surface area contributed by atoms with Crippen molar-refractivity contribution in [3.8, 4) is 0 Å². The summed E-state index contributed by atoms with van der Waals surface area (Å²) in [6.07, 6.45) is 30.4. The van der Waals surface area contributed by atoms with Gasteiger partial charge in [0.25, 0.3) is 0 Å². The largest absolute Gasteiger partial charge is 0.481 e. The van der Waals surface area contributed by atoms with Crippen molar-refractivity contribution in [3.05, 3.63) is 0 Å². The van der Waals surface area contributed by atoms with Crippen molar-refractivity contribution in [1.29, 1.82) is 0 Å². The van der Waals surface area contributed by atoms with Crippen molar-refractivity contribution >= 4 is 11.9 Å². The Kier molecular flexibility index (Phi) is 25.2. The molecule has 0 rings (SSSR count). The first kappa shape index (κ1) is 33.9. The summed E-state index contributed by atoms with van der Waals surface area (Å²) in [5, 5.41) is 8.67. The molecular weight excluding hydrogens is 438 g/mol. The second kappa shape index (κ2) is 26.0. The van der Waals surface area contributed by atoms with Crippen LogP contribution in [-0.2, 0) is 14.3 Å². The maximum Gasteiger partial charge on any atom is 0.323 e. The molecule has 0 heterocycles. The van der Waals surface area contributed by atoms with Crippen molar-refractivity contribution in [2.45, 2.75) is 180 Å². The highest BCUT2D eigenvalue weighted by atomic mass is 16.5. The highest BCUT2D eigenvalue weighted by Gasteiger charge is 2.20. The lowest BCUT2D eigenvalue weighted by Crippen LogP contribution is -2.36. The van der Waals surface area contributed by atoms with E-state index < -0.39 is 18.0 Å². The summed E-state index contributed by atoms with van der Waals surface area (Å²) in [5.41, 5.74) is 5.52. The van der Waals surface area contributed by atoms with Gasteiger partial charge in [-0.2, -0.15) is 0 Å². The minimum Gasteiger partial charge on any atom is -0.481 e. The first-order valence-corrected chi connectivity index (χ1v) is 15.1. The fourth-order valence-corrected chi connectivity index (χ4v) is 4.66. The SMILES string of the molecule is CCCCCCCCCCCCCCCCCCCCCCCCC(C)OC(=O)[C@@H](N)CC(=O)O. The second-order valence-corrected chi connectivity index (χ2v) is 10.7. The molecule has 1 unspecified atom stereocenters. The fourth-order valence-electron chi connectivity index (χ4n) is 4.66. The molecule has 5 nitrogen and oxygen atoms in total. The third-order valence-electron chi connectivity index (χ3n) is 6.98. The van der Waals surface area contributed by atoms with Gasteiger partial charge in [0.1, 0.15) is 6.04 Å². The number of hydrogen-bond acceptors (Lipinski definition) is 4. The maximum atomic E-state index is 11.7. The number of aliphatic carboxylic acids is 1. The van der Waals surface area contributed by atoms with Crippen LogP contribution in [0, 0.1) is 0 Å². The number of hydrogen-bond donors (Lipinski definition) is 2. The molecule has 0 bridgehead atoms. The normalized spacial score (nSPS) is 13.0. The van der Waals surface area contributed by atoms with Crippen LogP contribution in [0.4, 0.5) is 0 Å². The average molecular weight is 498 g/mol. The van der Waals surface area contributed by atoms with Crippen LogP contribution in [0.2, 0.25) is 0 Å². The summed E-state index contributed by atoms with van der Waals surface area (Å²) in [6, 6.07) is -1.07. The summed E-state index contributed by atoms with van der Waals surface area (Å²) in [4.78, 5) is 22.3. The van der Waals surface area contributed by atoms with E-state index in [1.165, 1.54) is 128 Å². The molecule has 0 aliphatic rings. The standard InChI is InChI=1S/C30H59NO4/c1-3-4-5-6-7-8-9-10-11-12-13-14-15-16-17-18-19-20-21-22-23-24-25-27(2)35-30(34)28(31)26-29(32)33/h27-28H,3-26,31H2,1-2H3,(H,32,33)/t27?,28-/m0/s1. The van der Waals surface area contributed by atoms with E-state index in [0.29, 0.717) is 0 Å². The average Bonchev–Trinajstić information content (AvgIpc) is 2.81. The second-order valence-electron chi connectivity index (χ2n) is 10.7. The van der Waals surface area contributed by atoms with E-state index >= 15 is 0 Å². The van der Waals surface area contributed by atoms with Crippen LogP contribution in [0.1, 0.15) is 168 Å². The van der Waals surface area contributed by atoms with Gasteiger partial charge in [-0.05, 0) is 19.8 Å². The van der Waals surface area contributed by atoms with Crippen molar-refractivity contribution in [3.63, 3.8) is 0 Å². The first-order valence-electron chi connectivity index (χ1n) is 15.1. The lowest BCUT2D eigenvalue weighted by Gasteiger charge is -2.15. The molecule has 35 heavy (non-hydrogen) atoms. The van der Waals surface area contributed by atoms with Gasteiger partial charge in [-0.1, -0.05) is 142 Å². The molecule has 0 spiro atoms. The van der Waals surface area contributed by atoms with Gasteiger partial charge in [0.2, 0.25) is 0 Å². The van der Waals surface area contributed by atoms with E-state index in [1.807, 2.05) is 6.92 Å². The smallest absolute Gasteiger partial charge is 0.323 e. The Morgan fingerprint density at radius 1 is 0.629 bits per heavy atom. The maximum absolute atomic E-state index is 11.7. The summed E-state index contributed by atoms with van der Waals surface area (Å²) in [7, 11) is 0. The summed E-state index contributed by atoms with van der Waals surface area (Å²) in [5.74, 6) is -1.69. The number of carboxylic acids is 1. The molecule has 0 aliphatic carbocycles. The lowest BCUT2D eigenvalue weighted by atomic mass is 10.0. The zero-order valence-electron chi connectivity index (χ0n) is 23.4. The van der Waals surface area contributed by atoms with Crippen LogP contribution >= 0.6 is 0 Å². The number of carbonyl (C=O) groups excluding carboxylic acids is 1. The zero-order chi connectivity index (χ0) is 26.0. The Bertz CT molecular complexity index is 483. The Balaban J connectivity index is 3.24. The molecule has 0 fully saturated rings.